The standard InChI is InChI=1S/C22H18FN5O2/c1-30-18-6-4-17(5-7-18)25-20-8-9-21-24-11-19(28(21)26-20)22(29)27-12-14-2-3-16(23)10-15(14)13-27/h2-11H,12-13H2,1H3,(H,25,26). The number of halogens is 1. The summed E-state index contributed by atoms with van der Waals surface area (Å²) in [6, 6.07) is 15.7. The predicted octanol–water partition coefficient (Wildman–Crippen LogP) is 3.78. The summed E-state index contributed by atoms with van der Waals surface area (Å²) in [5.41, 5.74) is 3.55. The van der Waals surface area contributed by atoms with E-state index in [4.69, 9.17) is 4.74 Å². The maximum atomic E-state index is 13.5. The van der Waals surface area contributed by atoms with Gasteiger partial charge in [-0.05, 0) is 59.7 Å². The highest BCUT2D eigenvalue weighted by molar-refractivity contribution is 5.93. The van der Waals surface area contributed by atoms with Crippen LogP contribution in [0, 0.1) is 5.82 Å². The van der Waals surface area contributed by atoms with Gasteiger partial charge in [0.15, 0.2) is 17.2 Å². The van der Waals surface area contributed by atoms with Gasteiger partial charge in [0.2, 0.25) is 0 Å². The van der Waals surface area contributed by atoms with Gasteiger partial charge in [-0.1, -0.05) is 6.07 Å². The van der Waals surface area contributed by atoms with Crippen molar-refractivity contribution in [3.8, 4) is 5.75 Å². The van der Waals surface area contributed by atoms with Crippen LogP contribution in [0.2, 0.25) is 0 Å². The third-order valence-corrected chi connectivity index (χ3v) is 5.12. The minimum absolute atomic E-state index is 0.201. The number of nitrogens with one attached hydrogen (secondary N) is 1. The third kappa shape index (κ3) is 3.22. The zero-order chi connectivity index (χ0) is 20.7. The quantitative estimate of drug-likeness (QED) is 0.562. The molecule has 8 heteroatoms. The van der Waals surface area contributed by atoms with Crippen molar-refractivity contribution < 1.29 is 13.9 Å². The van der Waals surface area contributed by atoms with Gasteiger partial charge in [0.05, 0.1) is 13.3 Å². The van der Waals surface area contributed by atoms with Gasteiger partial charge in [0, 0.05) is 18.8 Å². The molecule has 0 bridgehead atoms. The number of anilines is 2. The number of methoxy groups -OCH3 is 1. The first-order valence-electron chi connectivity index (χ1n) is 9.43. The molecule has 0 saturated carbocycles. The Morgan fingerprint density at radius 1 is 1.07 bits per heavy atom. The topological polar surface area (TPSA) is 71.8 Å². The Morgan fingerprint density at radius 2 is 1.87 bits per heavy atom. The molecule has 2 aromatic heterocycles. The predicted molar refractivity (Wildman–Crippen MR) is 109 cm³/mol. The maximum Gasteiger partial charge on any atom is 0.274 e. The molecule has 4 aromatic rings. The van der Waals surface area contributed by atoms with Gasteiger partial charge in [-0.3, -0.25) is 4.79 Å². The van der Waals surface area contributed by atoms with Crippen molar-refractivity contribution in [3.05, 3.63) is 83.4 Å². The third-order valence-electron chi connectivity index (χ3n) is 5.12. The number of imidazole rings is 1. The van der Waals surface area contributed by atoms with Crippen molar-refractivity contribution >= 4 is 23.1 Å². The fourth-order valence-electron chi connectivity index (χ4n) is 3.58. The molecule has 0 atom stereocenters. The van der Waals surface area contributed by atoms with E-state index < -0.39 is 0 Å². The van der Waals surface area contributed by atoms with E-state index in [0.29, 0.717) is 30.2 Å². The molecule has 0 unspecified atom stereocenters. The molecule has 30 heavy (non-hydrogen) atoms. The maximum absolute atomic E-state index is 13.5. The molecule has 0 aliphatic carbocycles. The van der Waals surface area contributed by atoms with Crippen LogP contribution in [-0.2, 0) is 13.1 Å². The monoisotopic (exact) mass is 403 g/mol. The SMILES string of the molecule is COc1ccc(Nc2ccc3ncc(C(=O)N4Cc5ccc(F)cc5C4)n3n2)cc1. The smallest absolute Gasteiger partial charge is 0.274 e. The number of benzene rings is 2. The molecule has 7 nitrogen and oxygen atoms in total. The van der Waals surface area contributed by atoms with E-state index in [0.717, 1.165) is 22.6 Å². The first kappa shape index (κ1) is 18.1. The number of amides is 1. The van der Waals surface area contributed by atoms with Gasteiger partial charge in [0.1, 0.15) is 11.6 Å². The lowest BCUT2D eigenvalue weighted by atomic mass is 10.1. The molecular weight excluding hydrogens is 385 g/mol. The van der Waals surface area contributed by atoms with Crippen molar-refractivity contribution in [3.63, 3.8) is 0 Å². The van der Waals surface area contributed by atoms with E-state index in [1.165, 1.54) is 22.8 Å². The Morgan fingerprint density at radius 3 is 2.67 bits per heavy atom. The second-order valence-corrected chi connectivity index (χ2v) is 7.06. The van der Waals surface area contributed by atoms with Gasteiger partial charge >= 0.3 is 0 Å². The first-order valence-corrected chi connectivity index (χ1v) is 9.43. The van der Waals surface area contributed by atoms with Crippen LogP contribution in [0.25, 0.3) is 5.65 Å². The lowest BCUT2D eigenvalue weighted by molar-refractivity contribution is 0.0743. The fraction of sp³-hybridized carbons (Fsp3) is 0.136. The summed E-state index contributed by atoms with van der Waals surface area (Å²) < 4.78 is 20.2. The lowest BCUT2D eigenvalue weighted by Gasteiger charge is -2.14. The van der Waals surface area contributed by atoms with E-state index in [1.807, 2.05) is 24.3 Å². The second-order valence-electron chi connectivity index (χ2n) is 7.06. The van der Waals surface area contributed by atoms with E-state index in [2.05, 4.69) is 15.4 Å². The molecule has 3 heterocycles. The molecular formula is C22H18FN5O2. The largest absolute Gasteiger partial charge is 0.497 e. The number of ether oxygens (including phenoxy) is 1. The zero-order valence-electron chi connectivity index (χ0n) is 16.2. The number of aromatic nitrogens is 3. The molecule has 1 aliphatic heterocycles. The van der Waals surface area contributed by atoms with Crippen molar-refractivity contribution in [2.45, 2.75) is 13.1 Å². The second kappa shape index (κ2) is 7.14. The number of carbonyl (C=O) groups is 1. The Balaban J connectivity index is 1.41. The van der Waals surface area contributed by atoms with E-state index in [-0.39, 0.29) is 11.7 Å². The molecule has 0 fully saturated rings. The van der Waals surface area contributed by atoms with E-state index >= 15 is 0 Å². The van der Waals surface area contributed by atoms with Crippen molar-refractivity contribution in [1.82, 2.24) is 19.5 Å². The minimum Gasteiger partial charge on any atom is -0.497 e. The van der Waals surface area contributed by atoms with Gasteiger partial charge in [-0.15, -0.1) is 5.10 Å². The zero-order valence-corrected chi connectivity index (χ0v) is 16.2. The van der Waals surface area contributed by atoms with Crippen LogP contribution in [0.5, 0.6) is 5.75 Å². The van der Waals surface area contributed by atoms with E-state index in [9.17, 15) is 9.18 Å². The highest BCUT2D eigenvalue weighted by atomic mass is 19.1. The summed E-state index contributed by atoms with van der Waals surface area (Å²) in [6.45, 7) is 0.800. The minimum atomic E-state index is -0.297. The molecule has 150 valence electrons. The fourth-order valence-corrected chi connectivity index (χ4v) is 3.58. The average molecular weight is 403 g/mol. The number of hydrogen-bond acceptors (Lipinski definition) is 5. The highest BCUT2D eigenvalue weighted by Gasteiger charge is 2.27. The number of carbonyl (C=O) groups excluding carboxylic acids is 1. The van der Waals surface area contributed by atoms with Crippen molar-refractivity contribution in [2.75, 3.05) is 12.4 Å². The molecule has 0 saturated heterocycles. The highest BCUT2D eigenvalue weighted by Crippen LogP contribution is 2.25. The summed E-state index contributed by atoms with van der Waals surface area (Å²) in [6.07, 6.45) is 1.52. The summed E-state index contributed by atoms with van der Waals surface area (Å²) in [5.74, 6) is 0.839. The number of nitrogens with zero attached hydrogens (tertiary/aromatic N) is 4. The van der Waals surface area contributed by atoms with Crippen LogP contribution in [0.15, 0.2) is 60.8 Å². The number of hydrogen-bond donors (Lipinski definition) is 1. The molecule has 1 N–H and O–H groups in total. The van der Waals surface area contributed by atoms with Crippen molar-refractivity contribution in [1.29, 1.82) is 0 Å². The Hall–Kier alpha value is -3.94. The number of rotatable bonds is 4. The van der Waals surface area contributed by atoms with Crippen LogP contribution in [0.1, 0.15) is 21.6 Å². The van der Waals surface area contributed by atoms with Crippen LogP contribution in [0.4, 0.5) is 15.9 Å². The Bertz CT molecular complexity index is 1250. The van der Waals surface area contributed by atoms with Crippen LogP contribution < -0.4 is 10.1 Å². The average Bonchev–Trinajstić information content (AvgIpc) is 3.37. The van der Waals surface area contributed by atoms with Gasteiger partial charge in [-0.2, -0.15) is 0 Å². The lowest BCUT2D eigenvalue weighted by Crippen LogP contribution is -2.26. The normalized spacial score (nSPS) is 12.8. The first-order chi connectivity index (χ1) is 14.6. The van der Waals surface area contributed by atoms with Crippen LogP contribution >= 0.6 is 0 Å². The van der Waals surface area contributed by atoms with Gasteiger partial charge in [0.25, 0.3) is 5.91 Å². The summed E-state index contributed by atoms with van der Waals surface area (Å²) >= 11 is 0. The summed E-state index contributed by atoms with van der Waals surface area (Å²) in [5, 5.41) is 7.74. The van der Waals surface area contributed by atoms with E-state index in [1.54, 1.807) is 30.2 Å². The Labute approximate surface area is 171 Å². The van der Waals surface area contributed by atoms with Gasteiger partial charge < -0.3 is 15.0 Å². The van der Waals surface area contributed by atoms with Crippen LogP contribution in [-0.4, -0.2) is 32.5 Å². The molecule has 5 rings (SSSR count). The molecule has 0 radical (unpaired) electrons. The molecule has 0 spiro atoms. The number of fused-ring (bicyclic) bond motifs is 2. The molecule has 1 aliphatic rings. The molecule has 2 aromatic carbocycles. The summed E-state index contributed by atoms with van der Waals surface area (Å²) in [7, 11) is 1.62. The molecule has 1 amide bonds. The van der Waals surface area contributed by atoms with Crippen molar-refractivity contribution in [2.24, 2.45) is 0 Å². The summed E-state index contributed by atoms with van der Waals surface area (Å²) in [4.78, 5) is 19.1. The van der Waals surface area contributed by atoms with Gasteiger partial charge in [-0.25, -0.2) is 13.9 Å². The van der Waals surface area contributed by atoms with Crippen LogP contribution in [0.3, 0.4) is 0 Å². The Kier molecular flexibility index (Phi) is 4.31.